The summed E-state index contributed by atoms with van der Waals surface area (Å²) in [6.07, 6.45) is 6.13. The highest BCUT2D eigenvalue weighted by Crippen LogP contribution is 2.31. The van der Waals surface area contributed by atoms with Crippen LogP contribution in [-0.4, -0.2) is 41.5 Å². The van der Waals surface area contributed by atoms with Crippen LogP contribution in [0.15, 0.2) is 11.0 Å². The molecule has 0 radical (unpaired) electrons. The van der Waals surface area contributed by atoms with Gasteiger partial charge in [0.15, 0.2) is 0 Å². The van der Waals surface area contributed by atoms with E-state index in [1.54, 1.807) is 13.8 Å². The quantitative estimate of drug-likeness (QED) is 0.804. The van der Waals surface area contributed by atoms with Crippen LogP contribution in [0.4, 0.5) is 0 Å². The molecule has 6 nitrogen and oxygen atoms in total. The number of hydrogen-bond acceptors (Lipinski definition) is 5. The molecule has 0 aromatic carbocycles. The fourth-order valence-corrected chi connectivity index (χ4v) is 7.01. The molecule has 2 aliphatic rings. The van der Waals surface area contributed by atoms with E-state index >= 15 is 0 Å². The van der Waals surface area contributed by atoms with Crippen molar-refractivity contribution in [3.05, 3.63) is 32.8 Å². The lowest BCUT2D eigenvalue weighted by Crippen LogP contribution is -2.28. The molecule has 0 atom stereocenters. The third kappa shape index (κ3) is 2.84. The van der Waals surface area contributed by atoms with Crippen molar-refractivity contribution in [1.82, 2.24) is 14.1 Å². The lowest BCUT2D eigenvalue weighted by molar-refractivity contribution is 0.0946. The Balaban J connectivity index is 1.72. The molecule has 4 rings (SSSR count). The molecule has 0 saturated carbocycles. The summed E-state index contributed by atoms with van der Waals surface area (Å²) in [5.41, 5.74) is 2.06. The zero-order valence-corrected chi connectivity index (χ0v) is 16.8. The smallest absolute Gasteiger partial charge is 0.266 e. The van der Waals surface area contributed by atoms with Gasteiger partial charge in [-0.1, -0.05) is 0 Å². The van der Waals surface area contributed by atoms with Crippen LogP contribution >= 0.6 is 11.3 Å². The maximum Gasteiger partial charge on any atom is 0.288 e. The second-order valence-corrected chi connectivity index (χ2v) is 10.1. The predicted molar refractivity (Wildman–Crippen MR) is 100 cm³/mol. The summed E-state index contributed by atoms with van der Waals surface area (Å²) >= 11 is 1.52. The number of hydrogen-bond donors (Lipinski definition) is 0. The molecule has 0 bridgehead atoms. The Morgan fingerprint density at radius 1 is 1.12 bits per heavy atom. The third-order valence-electron chi connectivity index (χ3n) is 5.29. The average molecular weight is 394 g/mol. The molecular formula is C18H23N3O3S2. The maximum atomic E-state index is 13.0. The Morgan fingerprint density at radius 2 is 1.81 bits per heavy atom. The number of sulfonamides is 1. The van der Waals surface area contributed by atoms with Gasteiger partial charge in [0.05, 0.1) is 16.3 Å². The van der Waals surface area contributed by atoms with Crippen molar-refractivity contribution >= 4 is 27.3 Å². The average Bonchev–Trinajstić information content (AvgIpc) is 3.32. The zero-order chi connectivity index (χ0) is 18.5. The van der Waals surface area contributed by atoms with Crippen LogP contribution in [0, 0.1) is 13.8 Å². The van der Waals surface area contributed by atoms with E-state index in [-0.39, 0.29) is 10.8 Å². The molecule has 8 heteroatoms. The highest BCUT2D eigenvalue weighted by atomic mass is 32.2. The molecule has 3 heterocycles. The van der Waals surface area contributed by atoms with E-state index < -0.39 is 10.0 Å². The third-order valence-corrected chi connectivity index (χ3v) is 8.66. The number of rotatable bonds is 3. The minimum absolute atomic E-state index is 0.189. The van der Waals surface area contributed by atoms with Crippen LogP contribution in [0.25, 0.3) is 0 Å². The van der Waals surface area contributed by atoms with Gasteiger partial charge in [-0.15, -0.1) is 11.3 Å². The topological polar surface area (TPSA) is 72.3 Å². The van der Waals surface area contributed by atoms with Gasteiger partial charge in [-0.3, -0.25) is 4.79 Å². The number of thiophene rings is 1. The summed E-state index contributed by atoms with van der Waals surface area (Å²) < 4.78 is 28.7. The molecule has 140 valence electrons. The van der Waals surface area contributed by atoms with E-state index in [4.69, 9.17) is 0 Å². The fourth-order valence-electron chi connectivity index (χ4n) is 3.96. The first kappa shape index (κ1) is 17.9. The number of aromatic nitrogens is 2. The first-order valence-electron chi connectivity index (χ1n) is 9.12. The monoisotopic (exact) mass is 393 g/mol. The van der Waals surface area contributed by atoms with Crippen LogP contribution in [0.3, 0.4) is 0 Å². The molecule has 1 aliphatic heterocycles. The number of fused-ring (bicyclic) bond motifs is 1. The van der Waals surface area contributed by atoms with Crippen molar-refractivity contribution in [2.24, 2.45) is 0 Å². The van der Waals surface area contributed by atoms with E-state index in [9.17, 15) is 13.2 Å². The summed E-state index contributed by atoms with van der Waals surface area (Å²) in [4.78, 5) is 15.1. The Labute approximate surface area is 157 Å². The van der Waals surface area contributed by atoms with Gasteiger partial charge >= 0.3 is 0 Å². The summed E-state index contributed by atoms with van der Waals surface area (Å²) in [6, 6.07) is 1.96. The van der Waals surface area contributed by atoms with Crippen molar-refractivity contribution in [2.45, 2.75) is 57.3 Å². The molecule has 1 saturated heterocycles. The van der Waals surface area contributed by atoms with Crippen LogP contribution in [0.1, 0.15) is 57.2 Å². The highest BCUT2D eigenvalue weighted by molar-refractivity contribution is 7.89. The van der Waals surface area contributed by atoms with E-state index in [1.165, 1.54) is 37.2 Å². The first-order valence-corrected chi connectivity index (χ1v) is 11.4. The Bertz CT molecular complexity index is 943. The van der Waals surface area contributed by atoms with E-state index in [0.29, 0.717) is 29.4 Å². The van der Waals surface area contributed by atoms with Crippen molar-refractivity contribution in [2.75, 3.05) is 13.1 Å². The molecule has 1 aliphatic carbocycles. The molecule has 26 heavy (non-hydrogen) atoms. The molecule has 2 aromatic heterocycles. The van der Waals surface area contributed by atoms with Gasteiger partial charge in [0.1, 0.15) is 4.90 Å². The SMILES string of the molecule is Cc1nn(C(=O)c2cc3c(s2)CCCC3)c(C)c1S(=O)(=O)N1CCCC1. The summed E-state index contributed by atoms with van der Waals surface area (Å²) in [6.45, 7) is 4.42. The first-order chi connectivity index (χ1) is 12.4. The summed E-state index contributed by atoms with van der Waals surface area (Å²) in [7, 11) is -3.60. The second kappa shape index (κ2) is 6.58. The van der Waals surface area contributed by atoms with Gasteiger partial charge in [0.25, 0.3) is 5.91 Å². The Hall–Kier alpha value is -1.51. The minimum atomic E-state index is -3.60. The summed E-state index contributed by atoms with van der Waals surface area (Å²) in [5, 5.41) is 4.30. The van der Waals surface area contributed by atoms with Crippen molar-refractivity contribution < 1.29 is 13.2 Å². The predicted octanol–water partition coefficient (Wildman–Crippen LogP) is 2.91. The van der Waals surface area contributed by atoms with Crippen molar-refractivity contribution in [3.63, 3.8) is 0 Å². The standard InChI is InChI=1S/C18H23N3O3S2/c1-12-17(26(23,24)20-9-5-6-10-20)13(2)21(19-12)18(22)16-11-14-7-3-4-8-15(14)25-16/h11H,3-10H2,1-2H3. The lowest BCUT2D eigenvalue weighted by Gasteiger charge is -2.15. The number of aryl methyl sites for hydroxylation is 3. The number of carbonyl (C=O) groups is 1. The van der Waals surface area contributed by atoms with E-state index in [2.05, 4.69) is 5.10 Å². The minimum Gasteiger partial charge on any atom is -0.266 e. The van der Waals surface area contributed by atoms with E-state index in [1.807, 2.05) is 6.07 Å². The second-order valence-electron chi connectivity index (χ2n) is 7.09. The van der Waals surface area contributed by atoms with Crippen LogP contribution in [0.5, 0.6) is 0 Å². The van der Waals surface area contributed by atoms with Gasteiger partial charge in [-0.2, -0.15) is 14.1 Å². The van der Waals surface area contributed by atoms with Crippen LogP contribution in [-0.2, 0) is 22.9 Å². The van der Waals surface area contributed by atoms with Gasteiger partial charge in [0, 0.05) is 18.0 Å². The molecule has 0 unspecified atom stereocenters. The normalized spacial score (nSPS) is 18.2. The molecule has 2 aromatic rings. The molecule has 0 spiro atoms. The van der Waals surface area contributed by atoms with Crippen molar-refractivity contribution in [3.8, 4) is 0 Å². The Morgan fingerprint density at radius 3 is 2.50 bits per heavy atom. The van der Waals surface area contributed by atoms with Crippen LogP contribution < -0.4 is 0 Å². The zero-order valence-electron chi connectivity index (χ0n) is 15.1. The molecular weight excluding hydrogens is 370 g/mol. The summed E-state index contributed by atoms with van der Waals surface area (Å²) in [5.74, 6) is -0.229. The van der Waals surface area contributed by atoms with Crippen LogP contribution in [0.2, 0.25) is 0 Å². The fraction of sp³-hybridized carbons (Fsp3) is 0.556. The van der Waals surface area contributed by atoms with Gasteiger partial charge in [0.2, 0.25) is 10.0 Å². The molecule has 0 N–H and O–H groups in total. The largest absolute Gasteiger partial charge is 0.288 e. The van der Waals surface area contributed by atoms with Gasteiger partial charge in [-0.05, 0) is 64.0 Å². The Kier molecular flexibility index (Phi) is 4.53. The lowest BCUT2D eigenvalue weighted by atomic mass is 9.99. The van der Waals surface area contributed by atoms with Gasteiger partial charge < -0.3 is 0 Å². The van der Waals surface area contributed by atoms with E-state index in [0.717, 1.165) is 32.1 Å². The number of carbonyl (C=O) groups excluding carboxylic acids is 1. The van der Waals surface area contributed by atoms with Crippen molar-refractivity contribution in [1.29, 1.82) is 0 Å². The maximum absolute atomic E-state index is 13.0. The molecule has 1 fully saturated rings. The number of nitrogens with zero attached hydrogens (tertiary/aromatic N) is 3. The molecule has 0 amide bonds. The highest BCUT2D eigenvalue weighted by Gasteiger charge is 2.34. The van der Waals surface area contributed by atoms with Gasteiger partial charge in [-0.25, -0.2) is 8.42 Å².